The van der Waals surface area contributed by atoms with Gasteiger partial charge in [-0.15, -0.1) is 0 Å². The SMILES string of the molecule is CN1CC(COc2cc([N+](=O)[O-])cc(C(F)(F)F)c2)C1. The fourth-order valence-corrected chi connectivity index (χ4v) is 2.08. The Morgan fingerprint density at radius 1 is 1.40 bits per heavy atom. The second-order valence-corrected chi connectivity index (χ2v) is 4.87. The monoisotopic (exact) mass is 290 g/mol. The molecule has 0 aliphatic carbocycles. The van der Waals surface area contributed by atoms with Crippen molar-refractivity contribution in [2.75, 3.05) is 26.7 Å². The topological polar surface area (TPSA) is 55.6 Å². The highest BCUT2D eigenvalue weighted by atomic mass is 19.4. The summed E-state index contributed by atoms with van der Waals surface area (Å²) in [5.41, 5.74) is -1.70. The van der Waals surface area contributed by atoms with E-state index < -0.39 is 22.4 Å². The van der Waals surface area contributed by atoms with E-state index in [4.69, 9.17) is 4.74 Å². The van der Waals surface area contributed by atoms with Gasteiger partial charge in [0.05, 0.1) is 23.2 Å². The van der Waals surface area contributed by atoms with E-state index >= 15 is 0 Å². The smallest absolute Gasteiger partial charge is 0.416 e. The number of halogens is 3. The molecule has 0 bridgehead atoms. The number of hydrogen-bond acceptors (Lipinski definition) is 4. The van der Waals surface area contributed by atoms with E-state index in [-0.39, 0.29) is 18.3 Å². The van der Waals surface area contributed by atoms with E-state index in [9.17, 15) is 23.3 Å². The summed E-state index contributed by atoms with van der Waals surface area (Å²) >= 11 is 0. The molecule has 1 aromatic carbocycles. The van der Waals surface area contributed by atoms with Gasteiger partial charge in [-0.1, -0.05) is 0 Å². The van der Waals surface area contributed by atoms with Crippen molar-refractivity contribution in [3.63, 3.8) is 0 Å². The quantitative estimate of drug-likeness (QED) is 0.631. The lowest BCUT2D eigenvalue weighted by Crippen LogP contribution is -2.46. The average Bonchev–Trinajstić information content (AvgIpc) is 2.31. The minimum Gasteiger partial charge on any atom is -0.493 e. The lowest BCUT2D eigenvalue weighted by atomic mass is 10.0. The molecule has 0 radical (unpaired) electrons. The van der Waals surface area contributed by atoms with Crippen LogP contribution in [-0.2, 0) is 6.18 Å². The summed E-state index contributed by atoms with van der Waals surface area (Å²) in [7, 11) is 1.92. The molecule has 0 saturated carbocycles. The normalized spacial score (nSPS) is 16.8. The number of nitrogens with zero attached hydrogens (tertiary/aromatic N) is 2. The van der Waals surface area contributed by atoms with E-state index in [0.717, 1.165) is 25.2 Å². The van der Waals surface area contributed by atoms with Crippen LogP contribution < -0.4 is 4.74 Å². The Bertz CT molecular complexity index is 513. The standard InChI is InChI=1S/C12H13F3N2O3/c1-16-5-8(6-16)7-20-11-3-9(12(13,14)15)2-10(4-11)17(18)19/h2-4,8H,5-7H2,1H3. The number of ether oxygens (including phenoxy) is 1. The number of alkyl halides is 3. The number of rotatable bonds is 4. The summed E-state index contributed by atoms with van der Waals surface area (Å²) in [5.74, 6) is 0.120. The number of hydrogen-bond donors (Lipinski definition) is 0. The summed E-state index contributed by atoms with van der Waals surface area (Å²) < 4.78 is 43.2. The fourth-order valence-electron chi connectivity index (χ4n) is 2.08. The zero-order valence-corrected chi connectivity index (χ0v) is 10.7. The summed E-state index contributed by atoms with van der Waals surface area (Å²) in [4.78, 5) is 11.8. The number of likely N-dealkylation sites (tertiary alicyclic amines) is 1. The molecule has 0 atom stereocenters. The van der Waals surface area contributed by atoms with Gasteiger partial charge in [-0.3, -0.25) is 10.1 Å². The first kappa shape index (κ1) is 14.6. The Morgan fingerprint density at radius 2 is 2.05 bits per heavy atom. The Labute approximate surface area is 113 Å². The van der Waals surface area contributed by atoms with Crippen LogP contribution in [0.4, 0.5) is 18.9 Å². The molecule has 1 saturated heterocycles. The summed E-state index contributed by atoms with van der Waals surface area (Å²) in [5, 5.41) is 10.7. The second kappa shape index (κ2) is 5.28. The van der Waals surface area contributed by atoms with Crippen molar-refractivity contribution < 1.29 is 22.8 Å². The van der Waals surface area contributed by atoms with Crippen LogP contribution in [0, 0.1) is 16.0 Å². The number of nitro benzene ring substituents is 1. The van der Waals surface area contributed by atoms with E-state index in [0.29, 0.717) is 6.07 Å². The maximum absolute atomic E-state index is 12.7. The van der Waals surface area contributed by atoms with Crippen molar-refractivity contribution in [2.24, 2.45) is 5.92 Å². The molecule has 0 N–H and O–H groups in total. The van der Waals surface area contributed by atoms with Gasteiger partial charge >= 0.3 is 6.18 Å². The average molecular weight is 290 g/mol. The van der Waals surface area contributed by atoms with Crippen molar-refractivity contribution in [1.82, 2.24) is 4.90 Å². The predicted octanol–water partition coefficient (Wildman–Crippen LogP) is 2.55. The molecule has 1 aromatic rings. The van der Waals surface area contributed by atoms with Crippen LogP contribution in [-0.4, -0.2) is 36.6 Å². The number of non-ortho nitro benzene ring substituents is 1. The van der Waals surface area contributed by atoms with E-state index in [1.165, 1.54) is 0 Å². The number of benzene rings is 1. The van der Waals surface area contributed by atoms with Crippen LogP contribution in [0.3, 0.4) is 0 Å². The van der Waals surface area contributed by atoms with Gasteiger partial charge < -0.3 is 9.64 Å². The third-order valence-electron chi connectivity index (χ3n) is 3.05. The lowest BCUT2D eigenvalue weighted by Gasteiger charge is -2.35. The van der Waals surface area contributed by atoms with Crippen LogP contribution in [0.1, 0.15) is 5.56 Å². The first-order valence-electron chi connectivity index (χ1n) is 5.93. The fraction of sp³-hybridized carbons (Fsp3) is 0.500. The molecule has 20 heavy (non-hydrogen) atoms. The Balaban J connectivity index is 2.14. The van der Waals surface area contributed by atoms with Gasteiger partial charge in [0, 0.05) is 25.1 Å². The second-order valence-electron chi connectivity index (χ2n) is 4.87. The van der Waals surface area contributed by atoms with Gasteiger partial charge in [0.15, 0.2) is 0 Å². The van der Waals surface area contributed by atoms with E-state index in [2.05, 4.69) is 0 Å². The van der Waals surface area contributed by atoms with Crippen molar-refractivity contribution in [1.29, 1.82) is 0 Å². The van der Waals surface area contributed by atoms with Gasteiger partial charge in [0.1, 0.15) is 5.75 Å². The third-order valence-corrected chi connectivity index (χ3v) is 3.05. The zero-order chi connectivity index (χ0) is 14.9. The van der Waals surface area contributed by atoms with E-state index in [1.807, 2.05) is 11.9 Å². The molecule has 0 unspecified atom stereocenters. The molecular weight excluding hydrogens is 277 g/mol. The molecule has 1 heterocycles. The van der Waals surface area contributed by atoms with Crippen LogP contribution in [0.2, 0.25) is 0 Å². The molecular formula is C12H13F3N2O3. The summed E-state index contributed by atoms with van der Waals surface area (Å²) in [6.45, 7) is 1.87. The predicted molar refractivity (Wildman–Crippen MR) is 64.6 cm³/mol. The zero-order valence-electron chi connectivity index (χ0n) is 10.7. The van der Waals surface area contributed by atoms with Crippen LogP contribution in [0.25, 0.3) is 0 Å². The molecule has 0 aromatic heterocycles. The van der Waals surface area contributed by atoms with Crippen molar-refractivity contribution in [3.05, 3.63) is 33.9 Å². The highest BCUT2D eigenvalue weighted by molar-refractivity contribution is 5.43. The Morgan fingerprint density at radius 3 is 2.55 bits per heavy atom. The minimum atomic E-state index is -4.64. The van der Waals surface area contributed by atoms with Crippen LogP contribution in [0.15, 0.2) is 18.2 Å². The molecule has 0 spiro atoms. The van der Waals surface area contributed by atoms with Gasteiger partial charge in [-0.05, 0) is 13.1 Å². The van der Waals surface area contributed by atoms with Crippen molar-refractivity contribution in [3.8, 4) is 5.75 Å². The first-order chi connectivity index (χ1) is 9.25. The first-order valence-corrected chi connectivity index (χ1v) is 5.93. The van der Waals surface area contributed by atoms with Gasteiger partial charge in [0.25, 0.3) is 5.69 Å². The highest BCUT2D eigenvalue weighted by Crippen LogP contribution is 2.35. The Kier molecular flexibility index (Phi) is 3.85. The van der Waals surface area contributed by atoms with E-state index in [1.54, 1.807) is 0 Å². The third kappa shape index (κ3) is 3.38. The van der Waals surface area contributed by atoms with Crippen LogP contribution in [0.5, 0.6) is 5.75 Å². The summed E-state index contributed by atoms with van der Waals surface area (Å²) in [6, 6.07) is 2.30. The van der Waals surface area contributed by atoms with Gasteiger partial charge in [-0.25, -0.2) is 0 Å². The minimum absolute atomic E-state index is 0.124. The van der Waals surface area contributed by atoms with Gasteiger partial charge in [-0.2, -0.15) is 13.2 Å². The number of nitro groups is 1. The van der Waals surface area contributed by atoms with Crippen molar-refractivity contribution >= 4 is 5.69 Å². The molecule has 8 heteroatoms. The maximum Gasteiger partial charge on any atom is 0.416 e. The largest absolute Gasteiger partial charge is 0.493 e. The molecule has 1 aliphatic heterocycles. The molecule has 5 nitrogen and oxygen atoms in total. The lowest BCUT2D eigenvalue weighted by molar-refractivity contribution is -0.385. The van der Waals surface area contributed by atoms with Crippen molar-refractivity contribution in [2.45, 2.75) is 6.18 Å². The van der Waals surface area contributed by atoms with Gasteiger partial charge in [0.2, 0.25) is 0 Å². The molecule has 1 fully saturated rings. The Hall–Kier alpha value is -1.83. The highest BCUT2D eigenvalue weighted by Gasteiger charge is 2.33. The molecule has 110 valence electrons. The summed E-state index contributed by atoms with van der Waals surface area (Å²) in [6.07, 6.45) is -4.64. The molecule has 1 aliphatic rings. The molecule has 2 rings (SSSR count). The molecule has 0 amide bonds. The van der Waals surface area contributed by atoms with Crippen LogP contribution >= 0.6 is 0 Å². The maximum atomic E-state index is 12.7.